The molecule has 0 saturated heterocycles. The predicted octanol–water partition coefficient (Wildman–Crippen LogP) is 3.33. The normalized spacial score (nSPS) is 11.9. The summed E-state index contributed by atoms with van der Waals surface area (Å²) >= 11 is 0. The number of hydrogen-bond acceptors (Lipinski definition) is 4. The van der Waals surface area contributed by atoms with Gasteiger partial charge in [-0.25, -0.2) is 4.39 Å². The largest absolute Gasteiger partial charge is 0.497 e. The first kappa shape index (κ1) is 17.7. The van der Waals surface area contributed by atoms with Crippen LogP contribution in [0.2, 0.25) is 0 Å². The molecule has 0 bridgehead atoms. The molecule has 1 unspecified atom stereocenters. The van der Waals surface area contributed by atoms with Gasteiger partial charge in [-0.1, -0.05) is 12.1 Å². The summed E-state index contributed by atoms with van der Waals surface area (Å²) in [6.45, 7) is 3.86. The van der Waals surface area contributed by atoms with Crippen LogP contribution in [0.3, 0.4) is 0 Å². The summed E-state index contributed by atoms with van der Waals surface area (Å²) < 4.78 is 18.6. The standard InChI is InChI=1S/C18H21FN2O3/c1-11(2)20-15-8-7-13(19)10-16(15)21-18(23)17(22)12-5-4-6-14(9-12)24-3/h4-11,17,20,22H,1-3H3,(H,21,23). The number of benzene rings is 2. The van der Waals surface area contributed by atoms with Gasteiger partial charge in [-0.2, -0.15) is 0 Å². The molecule has 0 heterocycles. The maximum atomic E-state index is 13.5. The molecule has 2 rings (SSSR count). The Morgan fingerprint density at radius 2 is 1.92 bits per heavy atom. The van der Waals surface area contributed by atoms with Gasteiger partial charge in [0.15, 0.2) is 6.10 Å². The molecule has 128 valence electrons. The van der Waals surface area contributed by atoms with Crippen LogP contribution in [0.4, 0.5) is 15.8 Å². The third-order valence-electron chi connectivity index (χ3n) is 3.34. The predicted molar refractivity (Wildman–Crippen MR) is 91.7 cm³/mol. The van der Waals surface area contributed by atoms with E-state index in [2.05, 4.69) is 10.6 Å². The van der Waals surface area contributed by atoms with E-state index in [0.717, 1.165) is 0 Å². The molecule has 0 fully saturated rings. The van der Waals surface area contributed by atoms with Crippen LogP contribution in [0.1, 0.15) is 25.5 Å². The molecule has 3 N–H and O–H groups in total. The van der Waals surface area contributed by atoms with Gasteiger partial charge in [0, 0.05) is 6.04 Å². The first-order valence-electron chi connectivity index (χ1n) is 7.59. The number of methoxy groups -OCH3 is 1. The number of ether oxygens (including phenoxy) is 1. The Labute approximate surface area is 140 Å². The smallest absolute Gasteiger partial charge is 0.257 e. The fourth-order valence-corrected chi connectivity index (χ4v) is 2.22. The van der Waals surface area contributed by atoms with Gasteiger partial charge >= 0.3 is 0 Å². The summed E-state index contributed by atoms with van der Waals surface area (Å²) in [5.74, 6) is -0.594. The van der Waals surface area contributed by atoms with Crippen molar-refractivity contribution in [3.05, 3.63) is 53.8 Å². The second kappa shape index (κ2) is 7.79. The number of rotatable bonds is 6. The number of aliphatic hydroxyl groups is 1. The zero-order valence-corrected chi connectivity index (χ0v) is 13.8. The van der Waals surface area contributed by atoms with E-state index in [4.69, 9.17) is 4.74 Å². The van der Waals surface area contributed by atoms with Gasteiger partial charge in [0.1, 0.15) is 11.6 Å². The summed E-state index contributed by atoms with van der Waals surface area (Å²) in [7, 11) is 1.50. The zero-order valence-electron chi connectivity index (χ0n) is 13.8. The van der Waals surface area contributed by atoms with Gasteiger partial charge in [-0.05, 0) is 49.7 Å². The fourth-order valence-electron chi connectivity index (χ4n) is 2.22. The first-order chi connectivity index (χ1) is 11.4. The highest BCUT2D eigenvalue weighted by Crippen LogP contribution is 2.26. The van der Waals surface area contributed by atoms with E-state index in [1.54, 1.807) is 30.3 Å². The van der Waals surface area contributed by atoms with Crippen molar-refractivity contribution in [3.8, 4) is 5.75 Å². The number of carbonyl (C=O) groups is 1. The highest BCUT2D eigenvalue weighted by atomic mass is 19.1. The van der Waals surface area contributed by atoms with Crippen LogP contribution in [-0.2, 0) is 4.79 Å². The minimum absolute atomic E-state index is 0.106. The zero-order chi connectivity index (χ0) is 17.7. The second-order valence-corrected chi connectivity index (χ2v) is 5.66. The minimum atomic E-state index is -1.39. The van der Waals surface area contributed by atoms with Crippen LogP contribution in [0.5, 0.6) is 5.75 Å². The van der Waals surface area contributed by atoms with Gasteiger partial charge in [-0.15, -0.1) is 0 Å². The third kappa shape index (κ3) is 4.45. The van der Waals surface area contributed by atoms with E-state index >= 15 is 0 Å². The number of amides is 1. The lowest BCUT2D eigenvalue weighted by atomic mass is 10.1. The average Bonchev–Trinajstić information content (AvgIpc) is 2.56. The number of halogens is 1. The fraction of sp³-hybridized carbons (Fsp3) is 0.278. The Balaban J connectivity index is 2.20. The van der Waals surface area contributed by atoms with Gasteiger partial charge in [0.2, 0.25) is 0 Å². The summed E-state index contributed by atoms with van der Waals surface area (Å²) in [5.41, 5.74) is 1.25. The van der Waals surface area contributed by atoms with Gasteiger partial charge < -0.3 is 20.5 Å². The SMILES string of the molecule is COc1cccc(C(O)C(=O)Nc2cc(F)ccc2NC(C)C)c1. The molecule has 1 atom stereocenters. The maximum Gasteiger partial charge on any atom is 0.257 e. The van der Waals surface area contributed by atoms with E-state index in [9.17, 15) is 14.3 Å². The van der Waals surface area contributed by atoms with Crippen molar-refractivity contribution in [2.75, 3.05) is 17.7 Å². The molecule has 0 aromatic heterocycles. The molecule has 24 heavy (non-hydrogen) atoms. The quantitative estimate of drug-likeness (QED) is 0.759. The lowest BCUT2D eigenvalue weighted by Gasteiger charge is -2.17. The lowest BCUT2D eigenvalue weighted by Crippen LogP contribution is -2.22. The highest BCUT2D eigenvalue weighted by molar-refractivity contribution is 5.97. The Hall–Kier alpha value is -2.60. The van der Waals surface area contributed by atoms with Crippen molar-refractivity contribution >= 4 is 17.3 Å². The molecule has 6 heteroatoms. The summed E-state index contributed by atoms with van der Waals surface area (Å²) in [6.07, 6.45) is -1.39. The molecule has 2 aromatic rings. The van der Waals surface area contributed by atoms with Crippen molar-refractivity contribution in [3.63, 3.8) is 0 Å². The summed E-state index contributed by atoms with van der Waals surface area (Å²) in [4.78, 5) is 12.3. The molecule has 2 aromatic carbocycles. The molecule has 1 amide bonds. The molecular weight excluding hydrogens is 311 g/mol. The Bertz CT molecular complexity index is 719. The molecular formula is C18H21FN2O3. The molecule has 5 nitrogen and oxygen atoms in total. The molecule has 0 spiro atoms. The van der Waals surface area contributed by atoms with Crippen molar-refractivity contribution in [1.29, 1.82) is 0 Å². The maximum absolute atomic E-state index is 13.5. The Morgan fingerprint density at radius 3 is 2.58 bits per heavy atom. The van der Waals surface area contributed by atoms with E-state index in [1.165, 1.54) is 19.2 Å². The summed E-state index contributed by atoms with van der Waals surface area (Å²) in [5, 5.41) is 15.9. The van der Waals surface area contributed by atoms with Gasteiger partial charge in [-0.3, -0.25) is 4.79 Å². The van der Waals surface area contributed by atoms with Gasteiger partial charge in [0.25, 0.3) is 5.91 Å². The van der Waals surface area contributed by atoms with Crippen molar-refractivity contribution in [1.82, 2.24) is 0 Å². The van der Waals surface area contributed by atoms with E-state index in [0.29, 0.717) is 17.0 Å². The first-order valence-corrected chi connectivity index (χ1v) is 7.59. The van der Waals surface area contributed by atoms with Crippen molar-refractivity contribution < 1.29 is 19.0 Å². The number of nitrogens with one attached hydrogen (secondary N) is 2. The van der Waals surface area contributed by atoms with Crippen LogP contribution in [-0.4, -0.2) is 24.2 Å². The monoisotopic (exact) mass is 332 g/mol. The molecule has 0 radical (unpaired) electrons. The number of anilines is 2. The highest BCUT2D eigenvalue weighted by Gasteiger charge is 2.19. The topological polar surface area (TPSA) is 70.6 Å². The van der Waals surface area contributed by atoms with Crippen LogP contribution in [0.25, 0.3) is 0 Å². The van der Waals surface area contributed by atoms with Crippen molar-refractivity contribution in [2.24, 2.45) is 0 Å². The Morgan fingerprint density at radius 1 is 1.17 bits per heavy atom. The van der Waals surface area contributed by atoms with Crippen molar-refractivity contribution in [2.45, 2.75) is 26.0 Å². The second-order valence-electron chi connectivity index (χ2n) is 5.66. The van der Waals surface area contributed by atoms with Crippen LogP contribution in [0.15, 0.2) is 42.5 Å². The number of aliphatic hydroxyl groups excluding tert-OH is 1. The summed E-state index contributed by atoms with van der Waals surface area (Å²) in [6, 6.07) is 10.7. The molecule has 0 aliphatic heterocycles. The Kier molecular flexibility index (Phi) is 5.76. The van der Waals surface area contributed by atoms with Crippen LogP contribution in [0, 0.1) is 5.82 Å². The number of hydrogen-bond donors (Lipinski definition) is 3. The van der Waals surface area contributed by atoms with Crippen LogP contribution >= 0.6 is 0 Å². The molecule has 0 aliphatic rings. The lowest BCUT2D eigenvalue weighted by molar-refractivity contribution is -0.124. The third-order valence-corrected chi connectivity index (χ3v) is 3.34. The minimum Gasteiger partial charge on any atom is -0.497 e. The molecule has 0 aliphatic carbocycles. The molecule has 0 saturated carbocycles. The van der Waals surface area contributed by atoms with E-state index in [-0.39, 0.29) is 11.7 Å². The van der Waals surface area contributed by atoms with E-state index in [1.807, 2.05) is 13.8 Å². The van der Waals surface area contributed by atoms with E-state index < -0.39 is 17.8 Å². The average molecular weight is 332 g/mol. The van der Waals surface area contributed by atoms with Gasteiger partial charge in [0.05, 0.1) is 18.5 Å². The number of carbonyl (C=O) groups excluding carboxylic acids is 1. The van der Waals surface area contributed by atoms with Crippen LogP contribution < -0.4 is 15.4 Å².